The number of rotatable bonds is 9. The number of carboxylic acids is 1. The third kappa shape index (κ3) is 8.65. The Labute approximate surface area is 102 Å². The zero-order chi connectivity index (χ0) is 13.3. The van der Waals surface area contributed by atoms with E-state index in [1.807, 2.05) is 6.92 Å². The van der Waals surface area contributed by atoms with Crippen LogP contribution in [0.2, 0.25) is 0 Å². The molecule has 0 spiro atoms. The molecule has 0 aromatic carbocycles. The smallest absolute Gasteiger partial charge is 0.303 e. The lowest BCUT2D eigenvalue weighted by atomic mass is 10.1. The highest BCUT2D eigenvalue weighted by Crippen LogP contribution is 2.02. The average molecular weight is 246 g/mol. The van der Waals surface area contributed by atoms with Gasteiger partial charge in [0, 0.05) is 26.1 Å². The van der Waals surface area contributed by atoms with Crippen molar-refractivity contribution in [3.8, 4) is 0 Å². The number of nitrogens with two attached hydrogens (primary N) is 1. The molecule has 2 unspecified atom stereocenters. The maximum absolute atomic E-state index is 11.5. The predicted molar refractivity (Wildman–Crippen MR) is 63.6 cm³/mol. The van der Waals surface area contributed by atoms with Gasteiger partial charge in [-0.25, -0.2) is 0 Å². The van der Waals surface area contributed by atoms with Gasteiger partial charge in [0.25, 0.3) is 0 Å². The second-order valence-corrected chi connectivity index (χ2v) is 4.05. The van der Waals surface area contributed by atoms with Gasteiger partial charge in [-0.2, -0.15) is 0 Å². The first-order valence-electron chi connectivity index (χ1n) is 5.73. The maximum Gasteiger partial charge on any atom is 0.303 e. The number of nitrogens with one attached hydrogen (secondary N) is 1. The topological polar surface area (TPSA) is 102 Å². The van der Waals surface area contributed by atoms with Gasteiger partial charge in [-0.15, -0.1) is 0 Å². The number of carbonyl (C=O) groups is 2. The van der Waals surface area contributed by atoms with Crippen LogP contribution in [-0.4, -0.2) is 42.8 Å². The Bertz CT molecular complexity index is 242. The molecule has 0 aliphatic carbocycles. The lowest BCUT2D eigenvalue weighted by Crippen LogP contribution is -2.37. The molecule has 17 heavy (non-hydrogen) atoms. The quantitative estimate of drug-likeness (QED) is 0.536. The Morgan fingerprint density at radius 3 is 2.59 bits per heavy atom. The highest BCUT2D eigenvalue weighted by molar-refractivity contribution is 5.76. The highest BCUT2D eigenvalue weighted by Gasteiger charge is 2.13. The van der Waals surface area contributed by atoms with Crippen LogP contribution in [0.25, 0.3) is 0 Å². The fourth-order valence-corrected chi connectivity index (χ4v) is 1.44. The summed E-state index contributed by atoms with van der Waals surface area (Å²) in [4.78, 5) is 21.8. The Morgan fingerprint density at radius 2 is 2.12 bits per heavy atom. The zero-order valence-corrected chi connectivity index (χ0v) is 10.4. The van der Waals surface area contributed by atoms with E-state index in [4.69, 9.17) is 15.6 Å². The van der Waals surface area contributed by atoms with Crippen molar-refractivity contribution < 1.29 is 19.4 Å². The van der Waals surface area contributed by atoms with E-state index < -0.39 is 5.97 Å². The van der Waals surface area contributed by atoms with Crippen LogP contribution in [0.15, 0.2) is 0 Å². The van der Waals surface area contributed by atoms with E-state index in [0.717, 1.165) is 0 Å². The number of methoxy groups -OCH3 is 1. The number of ether oxygens (including phenoxy) is 1. The fraction of sp³-hybridized carbons (Fsp3) is 0.818. The summed E-state index contributed by atoms with van der Waals surface area (Å²) in [7, 11) is 1.51. The number of amides is 1. The van der Waals surface area contributed by atoms with Crippen molar-refractivity contribution in [2.45, 2.75) is 44.8 Å². The van der Waals surface area contributed by atoms with Crippen molar-refractivity contribution in [1.82, 2.24) is 5.32 Å². The van der Waals surface area contributed by atoms with E-state index in [-0.39, 0.29) is 30.9 Å². The summed E-state index contributed by atoms with van der Waals surface area (Å²) in [6.07, 6.45) is 1.31. The SMILES string of the molecule is COC(CN)CC(=O)NC(C)CCCC(=O)O. The Hall–Kier alpha value is -1.14. The van der Waals surface area contributed by atoms with Crippen molar-refractivity contribution in [2.24, 2.45) is 5.73 Å². The lowest BCUT2D eigenvalue weighted by Gasteiger charge is -2.16. The third-order valence-corrected chi connectivity index (χ3v) is 2.44. The van der Waals surface area contributed by atoms with E-state index in [9.17, 15) is 9.59 Å². The molecule has 0 aliphatic rings. The van der Waals surface area contributed by atoms with Crippen molar-refractivity contribution in [2.75, 3.05) is 13.7 Å². The number of carboxylic acid groups (broad SMARTS) is 1. The second kappa shape index (κ2) is 8.95. The predicted octanol–water partition coefficient (Wildman–Crippen LogP) is 0.110. The van der Waals surface area contributed by atoms with Crippen molar-refractivity contribution in [3.05, 3.63) is 0 Å². The Kier molecular flexibility index (Phi) is 8.35. The summed E-state index contributed by atoms with van der Waals surface area (Å²) >= 11 is 0. The fourth-order valence-electron chi connectivity index (χ4n) is 1.44. The van der Waals surface area contributed by atoms with Gasteiger partial charge in [-0.1, -0.05) is 0 Å². The zero-order valence-electron chi connectivity index (χ0n) is 10.4. The number of hydrogen-bond acceptors (Lipinski definition) is 4. The lowest BCUT2D eigenvalue weighted by molar-refractivity contribution is -0.137. The van der Waals surface area contributed by atoms with E-state index in [1.165, 1.54) is 7.11 Å². The monoisotopic (exact) mass is 246 g/mol. The molecule has 1 amide bonds. The van der Waals surface area contributed by atoms with E-state index >= 15 is 0 Å². The van der Waals surface area contributed by atoms with Crippen LogP contribution in [0.4, 0.5) is 0 Å². The van der Waals surface area contributed by atoms with Gasteiger partial charge in [0.1, 0.15) is 0 Å². The van der Waals surface area contributed by atoms with Gasteiger partial charge in [-0.3, -0.25) is 9.59 Å². The molecule has 0 saturated heterocycles. The summed E-state index contributed by atoms with van der Waals surface area (Å²) in [6.45, 7) is 2.15. The first-order chi connectivity index (χ1) is 7.99. The minimum atomic E-state index is -0.814. The van der Waals surface area contributed by atoms with Crippen molar-refractivity contribution >= 4 is 11.9 Å². The standard InChI is InChI=1S/C11H22N2O4/c1-8(4-3-5-11(15)16)13-10(14)6-9(7-12)17-2/h8-9H,3-7,12H2,1-2H3,(H,13,14)(H,15,16). The van der Waals surface area contributed by atoms with Gasteiger partial charge in [0.05, 0.1) is 12.5 Å². The minimum Gasteiger partial charge on any atom is -0.481 e. The van der Waals surface area contributed by atoms with E-state index in [2.05, 4.69) is 5.32 Å². The summed E-state index contributed by atoms with van der Waals surface area (Å²) < 4.78 is 5.00. The molecule has 6 nitrogen and oxygen atoms in total. The molecule has 0 aromatic heterocycles. The van der Waals surface area contributed by atoms with Crippen molar-refractivity contribution in [1.29, 1.82) is 0 Å². The summed E-state index contributed by atoms with van der Waals surface area (Å²) in [5.41, 5.74) is 5.41. The molecule has 0 bridgehead atoms. The largest absolute Gasteiger partial charge is 0.481 e. The first-order valence-corrected chi connectivity index (χ1v) is 5.73. The average Bonchev–Trinajstić information content (AvgIpc) is 2.25. The van der Waals surface area contributed by atoms with Crippen LogP contribution in [0.5, 0.6) is 0 Å². The van der Waals surface area contributed by atoms with Crippen LogP contribution in [0, 0.1) is 0 Å². The Morgan fingerprint density at radius 1 is 1.47 bits per heavy atom. The number of hydrogen-bond donors (Lipinski definition) is 3. The van der Waals surface area contributed by atoms with Gasteiger partial charge in [0.2, 0.25) is 5.91 Å². The molecular formula is C11H22N2O4. The maximum atomic E-state index is 11.5. The van der Waals surface area contributed by atoms with Crippen molar-refractivity contribution in [3.63, 3.8) is 0 Å². The molecule has 0 saturated carbocycles. The van der Waals surface area contributed by atoms with Crippen LogP contribution < -0.4 is 11.1 Å². The van der Waals surface area contributed by atoms with Gasteiger partial charge < -0.3 is 20.9 Å². The molecule has 100 valence electrons. The highest BCUT2D eigenvalue weighted by atomic mass is 16.5. The van der Waals surface area contributed by atoms with Crippen LogP contribution in [0.3, 0.4) is 0 Å². The van der Waals surface area contributed by atoms with Crippen LogP contribution in [-0.2, 0) is 14.3 Å². The molecule has 0 aliphatic heterocycles. The summed E-state index contributed by atoms with van der Waals surface area (Å²) in [5, 5.41) is 11.3. The molecule has 4 N–H and O–H groups in total. The molecule has 0 heterocycles. The first kappa shape index (κ1) is 15.9. The van der Waals surface area contributed by atoms with Crippen LogP contribution in [0.1, 0.15) is 32.6 Å². The van der Waals surface area contributed by atoms with E-state index in [1.54, 1.807) is 0 Å². The summed E-state index contributed by atoms with van der Waals surface area (Å²) in [6, 6.07) is -0.0304. The normalized spacial score (nSPS) is 14.1. The van der Waals surface area contributed by atoms with E-state index in [0.29, 0.717) is 19.4 Å². The third-order valence-electron chi connectivity index (χ3n) is 2.44. The van der Waals surface area contributed by atoms with Gasteiger partial charge in [-0.05, 0) is 19.8 Å². The van der Waals surface area contributed by atoms with Crippen LogP contribution >= 0.6 is 0 Å². The molecular weight excluding hydrogens is 224 g/mol. The number of carbonyl (C=O) groups excluding carboxylic acids is 1. The molecule has 0 rings (SSSR count). The minimum absolute atomic E-state index is 0.0304. The Balaban J connectivity index is 3.75. The molecule has 0 fully saturated rings. The van der Waals surface area contributed by atoms with Gasteiger partial charge in [0.15, 0.2) is 0 Å². The molecule has 2 atom stereocenters. The number of aliphatic carboxylic acids is 1. The molecule has 6 heteroatoms. The molecule has 0 aromatic rings. The summed E-state index contributed by atoms with van der Waals surface area (Å²) in [5.74, 6) is -0.934. The van der Waals surface area contributed by atoms with Gasteiger partial charge >= 0.3 is 5.97 Å². The molecule has 0 radical (unpaired) electrons. The second-order valence-electron chi connectivity index (χ2n) is 4.05.